The van der Waals surface area contributed by atoms with Gasteiger partial charge in [0.25, 0.3) is 11.8 Å². The first-order valence-corrected chi connectivity index (χ1v) is 29.5. The van der Waals surface area contributed by atoms with Gasteiger partial charge in [0.2, 0.25) is 35.5 Å². The molecule has 0 radical (unpaired) electrons. The third-order valence-electron chi connectivity index (χ3n) is 15.8. The zero-order valence-corrected chi connectivity index (χ0v) is 48.1. The normalized spacial score (nSPS) is 19.8. The summed E-state index contributed by atoms with van der Waals surface area (Å²) >= 11 is 5.92. The van der Waals surface area contributed by atoms with Gasteiger partial charge < -0.3 is 29.2 Å². The monoisotopic (exact) mass is 1150 g/mol. The van der Waals surface area contributed by atoms with E-state index in [1.165, 1.54) is 56.7 Å². The van der Waals surface area contributed by atoms with Crippen LogP contribution in [0.25, 0.3) is 22.1 Å². The van der Waals surface area contributed by atoms with E-state index in [1.54, 1.807) is 12.4 Å². The number of hydrogen-bond donors (Lipinski definition) is 4. The molecule has 4 N–H and O–H groups in total. The largest absolute Gasteiger partial charge is 0.476 e. The van der Waals surface area contributed by atoms with Gasteiger partial charge in [-0.2, -0.15) is 0 Å². The fraction of sp³-hybridized carbons (Fsp3) is 0.533. The lowest BCUT2D eigenvalue weighted by Crippen LogP contribution is -2.37. The number of aromatic nitrogens is 6. The van der Waals surface area contributed by atoms with Crippen LogP contribution in [-0.2, 0) is 9.59 Å². The second kappa shape index (κ2) is 28.0. The molecule has 4 aromatic heterocycles. The second-order valence-corrected chi connectivity index (χ2v) is 23.1. The number of likely N-dealkylation sites (tertiary alicyclic amines) is 2. The van der Waals surface area contributed by atoms with Gasteiger partial charge >= 0.3 is 0 Å². The van der Waals surface area contributed by atoms with Crippen molar-refractivity contribution in [3.63, 3.8) is 0 Å². The van der Waals surface area contributed by atoms with Gasteiger partial charge in [-0.05, 0) is 161 Å². The molecule has 0 spiro atoms. The fourth-order valence-electron chi connectivity index (χ4n) is 11.6. The molecule has 4 fully saturated rings. The number of rotatable bonds is 18. The number of halogens is 4. The molecule has 82 heavy (non-hydrogen) atoms. The van der Waals surface area contributed by atoms with Gasteiger partial charge in [-0.25, -0.2) is 33.1 Å². The predicted molar refractivity (Wildman–Crippen MR) is 309 cm³/mol. The van der Waals surface area contributed by atoms with E-state index < -0.39 is 29.3 Å². The summed E-state index contributed by atoms with van der Waals surface area (Å²) in [5.41, 5.74) is 2.81. The van der Waals surface area contributed by atoms with Gasteiger partial charge in [-0.15, -0.1) is 0 Å². The number of anilines is 2. The van der Waals surface area contributed by atoms with Crippen molar-refractivity contribution in [2.75, 3.05) is 63.1 Å². The molecule has 6 heterocycles. The Morgan fingerprint density at radius 3 is 1.41 bits per heavy atom. The molecular weight excluding hydrogens is 1080 g/mol. The molecular formula is C60H76ClF3N12O6. The van der Waals surface area contributed by atoms with E-state index in [9.17, 15) is 32.3 Å². The first-order chi connectivity index (χ1) is 39.5. The van der Waals surface area contributed by atoms with Crippen LogP contribution in [0.1, 0.15) is 150 Å². The van der Waals surface area contributed by atoms with Crippen LogP contribution in [0.15, 0.2) is 60.9 Å². The molecule has 10 rings (SSSR count). The van der Waals surface area contributed by atoms with Gasteiger partial charge in [0, 0.05) is 78.4 Å². The van der Waals surface area contributed by atoms with Crippen LogP contribution in [0.4, 0.5) is 25.1 Å². The van der Waals surface area contributed by atoms with Gasteiger partial charge in [-0.3, -0.25) is 39.6 Å². The van der Waals surface area contributed by atoms with E-state index in [2.05, 4.69) is 46.0 Å². The lowest BCUT2D eigenvalue weighted by atomic mass is 9.85. The van der Waals surface area contributed by atoms with Crippen molar-refractivity contribution < 1.29 is 41.8 Å². The fourth-order valence-corrected chi connectivity index (χ4v) is 11.8. The van der Waals surface area contributed by atoms with Crippen molar-refractivity contribution in [2.45, 2.75) is 142 Å². The average Bonchev–Trinajstić information content (AvgIpc) is 3.80. The maximum absolute atomic E-state index is 13.8. The highest BCUT2D eigenvalue weighted by Crippen LogP contribution is 2.39. The quantitative estimate of drug-likeness (QED) is 0.0635. The minimum absolute atomic E-state index is 0.0128. The minimum atomic E-state index is -0.836. The maximum Gasteiger partial charge on any atom is 0.258 e. The second-order valence-electron chi connectivity index (χ2n) is 22.7. The lowest BCUT2D eigenvalue weighted by Gasteiger charge is -2.30. The number of nitrogens with zero attached hydrogens (tertiary/aromatic N) is 8. The summed E-state index contributed by atoms with van der Waals surface area (Å²) in [6.07, 6.45) is 16.5. The van der Waals surface area contributed by atoms with Crippen molar-refractivity contribution in [3.8, 4) is 11.8 Å². The number of hydrogen-bond acceptors (Lipinski definition) is 12. The Bertz CT molecular complexity index is 3160. The van der Waals surface area contributed by atoms with Gasteiger partial charge in [0.15, 0.2) is 0 Å². The molecule has 6 aromatic rings. The molecule has 2 aliphatic heterocycles. The van der Waals surface area contributed by atoms with Crippen molar-refractivity contribution in [1.29, 1.82) is 0 Å². The molecule has 2 saturated carbocycles. The molecule has 2 saturated heterocycles. The Labute approximate surface area is 481 Å². The van der Waals surface area contributed by atoms with Crippen LogP contribution in [0.3, 0.4) is 0 Å². The number of pyridine rings is 2. The summed E-state index contributed by atoms with van der Waals surface area (Å²) in [5, 5.41) is 11.6. The minimum Gasteiger partial charge on any atom is -0.476 e. The molecule has 0 atom stereocenters. The van der Waals surface area contributed by atoms with Crippen LogP contribution >= 0.6 is 11.6 Å². The summed E-state index contributed by atoms with van der Waals surface area (Å²) in [6, 6.07) is 10.4. The summed E-state index contributed by atoms with van der Waals surface area (Å²) in [7, 11) is 0. The number of carbonyl (C=O) groups excluding carboxylic acids is 4. The third kappa shape index (κ3) is 15.6. The van der Waals surface area contributed by atoms with E-state index in [0.29, 0.717) is 67.6 Å². The molecule has 0 bridgehead atoms. The highest BCUT2D eigenvalue weighted by atomic mass is 35.5. The van der Waals surface area contributed by atoms with Gasteiger partial charge in [0.1, 0.15) is 41.7 Å². The standard InChI is InChI=1S/C30H38ClFN6O3.C30H38F2N6O3/c1-19(2)34-28(39)20-6-9-22(10-7-20)38-26-17-27(41-15-14-37-12-4-3-5-13-37)33-18-25(26)35-30(38)36-29(40)21-8-11-24(32)23(31)16-21;1-19(2)34-28(39)20-6-8-24(9-7-20)38-26-17-27(41-13-12-37-10-4-3-5-11-37)33-18-25(26)35-30(38)36-29(40)21-14-22(31)16-23(32)15-21/h8,11,16-20,22H,3-7,9-10,12-15H2,1-2H3,(H,34,39)(H,35,36,40);14-20,24H,3-13H2,1-2H3,(H,34,39)(H,35,36,40). The Kier molecular flexibility index (Phi) is 20.4. The number of nitrogens with one attached hydrogen (secondary N) is 4. The Morgan fingerprint density at radius 2 is 1.00 bits per heavy atom. The number of benzene rings is 2. The molecule has 22 heteroatoms. The number of piperidine rings is 2. The molecule has 4 amide bonds. The highest BCUT2D eigenvalue weighted by Gasteiger charge is 2.33. The van der Waals surface area contributed by atoms with Crippen LogP contribution < -0.4 is 30.7 Å². The van der Waals surface area contributed by atoms with Gasteiger partial charge in [0.05, 0.1) is 28.4 Å². The molecule has 18 nitrogen and oxygen atoms in total. The lowest BCUT2D eigenvalue weighted by molar-refractivity contribution is -0.127. The Balaban J connectivity index is 0.000000198. The van der Waals surface area contributed by atoms with Crippen molar-refractivity contribution >= 4 is 69.2 Å². The number of amides is 4. The van der Waals surface area contributed by atoms with Crippen molar-refractivity contribution in [2.24, 2.45) is 11.8 Å². The zero-order chi connectivity index (χ0) is 57.9. The summed E-state index contributed by atoms with van der Waals surface area (Å²) < 4.78 is 57.3. The molecule has 2 aliphatic carbocycles. The van der Waals surface area contributed by atoms with E-state index in [4.69, 9.17) is 26.1 Å². The SMILES string of the molecule is CC(C)NC(=O)C1CCC(n2c(NC(=O)c3cc(F)cc(F)c3)nc3cnc(OCCN4CCCCC4)cc32)CC1.CC(C)NC(=O)C1CCC(n2c(NC(=O)c3ccc(F)c(Cl)c3)nc3cnc(OCCN4CCCCC4)cc32)CC1. The number of ether oxygens (including phenoxy) is 2. The van der Waals surface area contributed by atoms with E-state index >= 15 is 0 Å². The first kappa shape index (κ1) is 59.8. The van der Waals surface area contributed by atoms with Gasteiger partial charge in [-0.1, -0.05) is 24.4 Å². The Morgan fingerprint density at radius 1 is 0.573 bits per heavy atom. The first-order valence-electron chi connectivity index (χ1n) is 29.2. The third-order valence-corrected chi connectivity index (χ3v) is 16.1. The van der Waals surface area contributed by atoms with E-state index in [0.717, 1.165) is 94.2 Å². The number of imidazole rings is 2. The van der Waals surface area contributed by atoms with Crippen LogP contribution in [0.2, 0.25) is 5.02 Å². The Hall–Kier alpha value is -6.84. The molecule has 0 unspecified atom stereocenters. The highest BCUT2D eigenvalue weighted by molar-refractivity contribution is 6.31. The van der Waals surface area contributed by atoms with Crippen LogP contribution in [0.5, 0.6) is 11.8 Å². The van der Waals surface area contributed by atoms with Crippen LogP contribution in [-0.4, -0.2) is 127 Å². The maximum atomic E-state index is 13.8. The average molecular weight is 1150 g/mol. The molecule has 2 aromatic carbocycles. The van der Waals surface area contributed by atoms with Crippen molar-refractivity contribution in [3.05, 3.63) is 94.5 Å². The summed E-state index contributed by atoms with van der Waals surface area (Å²) in [4.78, 5) is 74.5. The smallest absolute Gasteiger partial charge is 0.258 e. The summed E-state index contributed by atoms with van der Waals surface area (Å²) in [6.45, 7) is 14.9. The predicted octanol–water partition coefficient (Wildman–Crippen LogP) is 10.7. The number of fused-ring (bicyclic) bond motifs is 2. The van der Waals surface area contributed by atoms with Crippen molar-refractivity contribution in [1.82, 2.24) is 49.5 Å². The summed E-state index contributed by atoms with van der Waals surface area (Å²) in [5.74, 6) is -1.75. The van der Waals surface area contributed by atoms with E-state index in [-0.39, 0.29) is 69.9 Å². The number of carbonyl (C=O) groups is 4. The molecule has 440 valence electrons. The molecule has 4 aliphatic rings. The zero-order valence-electron chi connectivity index (χ0n) is 47.3. The van der Waals surface area contributed by atoms with E-state index in [1.807, 2.05) is 49.0 Å². The topological polar surface area (TPSA) is 203 Å². The van der Waals surface area contributed by atoms with Crippen LogP contribution in [0, 0.1) is 29.3 Å².